The van der Waals surface area contributed by atoms with Crippen LogP contribution in [0.15, 0.2) is 36.9 Å². The van der Waals surface area contributed by atoms with Crippen LogP contribution in [0.25, 0.3) is 10.1 Å². The van der Waals surface area contributed by atoms with Crippen molar-refractivity contribution < 1.29 is 72.2 Å². The maximum Gasteiger partial charge on any atom is 1.00 e. The number of carbonyl (C=O) groups excluding carboxylic acids is 4. The van der Waals surface area contributed by atoms with E-state index in [9.17, 15) is 29.1 Å². The van der Waals surface area contributed by atoms with E-state index in [1.807, 2.05) is 11.9 Å². The number of halogens is 2. The Labute approximate surface area is 339 Å². The summed E-state index contributed by atoms with van der Waals surface area (Å²) in [5.41, 5.74) is 3.70. The van der Waals surface area contributed by atoms with Gasteiger partial charge in [-0.3, -0.25) is 19.3 Å². The van der Waals surface area contributed by atoms with Gasteiger partial charge in [0.1, 0.15) is 41.3 Å². The number of nitrogens with one attached hydrogen (secondary N) is 1. The summed E-state index contributed by atoms with van der Waals surface area (Å²) in [4.78, 5) is 79.0. The maximum atomic E-state index is 16.1. The fourth-order valence-corrected chi connectivity index (χ4v) is 10.3. The van der Waals surface area contributed by atoms with E-state index in [1.54, 1.807) is 4.90 Å². The van der Waals surface area contributed by atoms with Crippen molar-refractivity contribution in [3.8, 4) is 0 Å². The number of β-lactam (4-membered cyclic amide) rings is 1. The van der Waals surface area contributed by atoms with Crippen LogP contribution in [0.5, 0.6) is 0 Å². The number of carbonyl (C=O) groups is 4. The third-order valence-corrected chi connectivity index (χ3v) is 13.0. The Hall–Kier alpha value is -3.31. The number of likely N-dealkylation sites (N-methyl/N-ethyl adjacent to an activating group) is 1. The minimum absolute atomic E-state index is 0. The number of hydrogen-bond acceptors (Lipinski definition) is 17. The van der Waals surface area contributed by atoms with Gasteiger partial charge in [0, 0.05) is 48.5 Å². The summed E-state index contributed by atoms with van der Waals surface area (Å²) in [6.45, 7) is 3.31. The van der Waals surface area contributed by atoms with Gasteiger partial charge in [-0.15, -0.1) is 46.2 Å². The van der Waals surface area contributed by atoms with Gasteiger partial charge in [0.25, 0.3) is 11.8 Å². The van der Waals surface area contributed by atoms with Crippen LogP contribution < -0.4 is 56.0 Å². The van der Waals surface area contributed by atoms with Gasteiger partial charge in [0.2, 0.25) is 5.43 Å². The molecular formula is C31H30F2N7NaO8S4. The molecule has 53 heavy (non-hydrogen) atoms. The number of anilines is 2. The number of aromatic nitrogens is 1. The second kappa shape index (κ2) is 17.0. The van der Waals surface area contributed by atoms with Crippen molar-refractivity contribution in [1.82, 2.24) is 20.1 Å². The minimum Gasteiger partial charge on any atom is -0.543 e. The average molecular weight is 818 g/mol. The van der Waals surface area contributed by atoms with Gasteiger partial charge in [-0.1, -0.05) is 5.16 Å². The van der Waals surface area contributed by atoms with E-state index >= 15 is 8.78 Å². The molecule has 0 radical (unpaired) electrons. The zero-order valence-corrected chi connectivity index (χ0v) is 34.0. The van der Waals surface area contributed by atoms with E-state index in [-0.39, 0.29) is 89.8 Å². The first kappa shape index (κ1) is 40.9. The number of thioether (sulfide) groups is 2. The molecule has 276 valence electrons. The molecular weight excluding hydrogens is 788 g/mol. The fraction of sp³-hybridized carbons (Fsp3) is 0.387. The Morgan fingerprint density at radius 3 is 2.55 bits per heavy atom. The van der Waals surface area contributed by atoms with E-state index in [1.165, 1.54) is 31.2 Å². The monoisotopic (exact) mass is 817 g/mol. The maximum absolute atomic E-state index is 16.1. The number of nitrogen functional groups attached to an aromatic ring is 1. The molecule has 22 heteroatoms. The standard InChI is InChI=1S/C31H31F2N7O8S4.Na/c1-4-48-29(46)17-23(41)14-9-15(32)22(39-7-5-38(2)6-8-39)18(33)24(14)52-30(17)50-11-13-10-49-27-20(26(43)40(27)21(13)28(44)45)36-25(42)19(37-47-3)16-12-51-31(34)35-16;/h9,12,20,27H,4-8,10-11H2,1-3H3,(H2,34,35)(H,36,42)(H,44,45);/q;+1/p-1/b37-19-;/t20-,27-;/m1./s1. The molecule has 0 aliphatic carbocycles. The number of amides is 2. The molecule has 3 aliphatic rings. The van der Waals surface area contributed by atoms with E-state index in [0.717, 1.165) is 45.4 Å². The first-order valence-electron chi connectivity index (χ1n) is 15.6. The van der Waals surface area contributed by atoms with Gasteiger partial charge in [-0.2, -0.15) is 0 Å². The first-order chi connectivity index (χ1) is 24.9. The SMILES string of the molecule is CCOC(=O)c1c(SCC2=C(C(=O)[O-])N3C(=O)[C@@H](NC(=O)/C(=N\OC)c4csc(N)n4)[C@H]3SC2)sc2c(F)c(N3CCN(C)CC3)c(F)cc2c1=O.[Na+]. The Kier molecular flexibility index (Phi) is 13.1. The van der Waals surface area contributed by atoms with Crippen molar-refractivity contribution in [1.29, 1.82) is 0 Å². The predicted molar refractivity (Wildman–Crippen MR) is 192 cm³/mol. The second-order valence-electron chi connectivity index (χ2n) is 11.6. The Bertz CT molecular complexity index is 2110. The topological polar surface area (TPSA) is 200 Å². The van der Waals surface area contributed by atoms with Gasteiger partial charge in [-0.25, -0.2) is 18.6 Å². The summed E-state index contributed by atoms with van der Waals surface area (Å²) in [6.07, 6.45) is 0. The van der Waals surface area contributed by atoms with Gasteiger partial charge in [0.15, 0.2) is 16.7 Å². The zero-order chi connectivity index (χ0) is 37.4. The van der Waals surface area contributed by atoms with Gasteiger partial charge >= 0.3 is 35.5 Å². The summed E-state index contributed by atoms with van der Waals surface area (Å²) in [5, 5.41) is 19.2. The van der Waals surface area contributed by atoms with Crippen LogP contribution in [0.4, 0.5) is 19.6 Å². The number of nitrogens with zero attached hydrogens (tertiary/aromatic N) is 5. The van der Waals surface area contributed by atoms with Crippen LogP contribution in [0.3, 0.4) is 0 Å². The number of ether oxygens (including phenoxy) is 1. The van der Waals surface area contributed by atoms with Crippen LogP contribution in [0, 0.1) is 11.6 Å². The number of hydrogen-bond donors (Lipinski definition) is 2. The number of thiazole rings is 1. The molecule has 0 unspecified atom stereocenters. The third-order valence-electron chi connectivity index (χ3n) is 8.39. The number of carboxylic acids is 1. The molecule has 0 spiro atoms. The number of benzene rings is 1. The third kappa shape index (κ3) is 7.93. The van der Waals surface area contributed by atoms with Crippen molar-refractivity contribution in [2.75, 3.05) is 69.1 Å². The van der Waals surface area contributed by atoms with E-state index in [4.69, 9.17) is 15.3 Å². The summed E-state index contributed by atoms with van der Waals surface area (Å²) >= 11 is 3.87. The van der Waals surface area contributed by atoms with E-state index < -0.39 is 63.5 Å². The molecule has 2 amide bonds. The number of nitrogens with two attached hydrogens (primary N) is 1. The Morgan fingerprint density at radius 1 is 1.21 bits per heavy atom. The molecule has 2 fully saturated rings. The molecule has 1 aromatic carbocycles. The fourth-order valence-electron chi connectivity index (χ4n) is 5.87. The quantitative estimate of drug-likeness (QED) is 0.0541. The normalized spacial score (nSPS) is 19.0. The molecule has 2 aromatic heterocycles. The van der Waals surface area contributed by atoms with Crippen molar-refractivity contribution in [3.05, 3.63) is 55.8 Å². The van der Waals surface area contributed by atoms with Gasteiger partial charge < -0.3 is 40.3 Å². The molecule has 2 saturated heterocycles. The molecule has 0 saturated carbocycles. The molecule has 15 nitrogen and oxygen atoms in total. The summed E-state index contributed by atoms with van der Waals surface area (Å²) < 4.78 is 36.5. The molecule has 0 bridgehead atoms. The first-order valence-corrected chi connectivity index (χ1v) is 19.3. The van der Waals surface area contributed by atoms with Crippen molar-refractivity contribution >= 4 is 96.6 Å². The van der Waals surface area contributed by atoms with Crippen LogP contribution in [-0.2, 0) is 24.0 Å². The average Bonchev–Trinajstić information content (AvgIpc) is 3.54. The number of esters is 1. The van der Waals surface area contributed by atoms with E-state index in [2.05, 4.69) is 15.5 Å². The van der Waals surface area contributed by atoms with Crippen molar-refractivity contribution in [3.63, 3.8) is 0 Å². The van der Waals surface area contributed by atoms with Crippen LogP contribution in [0.1, 0.15) is 23.0 Å². The number of fused-ring (bicyclic) bond motifs is 2. The molecule has 3 aromatic rings. The largest absolute Gasteiger partial charge is 1.00 e. The molecule has 6 rings (SSSR count). The minimum atomic E-state index is -1.66. The summed E-state index contributed by atoms with van der Waals surface area (Å²) in [5.74, 6) is -6.16. The molecule has 3 N–H and O–H groups in total. The zero-order valence-electron chi connectivity index (χ0n) is 28.7. The predicted octanol–water partition coefficient (Wildman–Crippen LogP) is -1.94. The van der Waals surface area contributed by atoms with Crippen molar-refractivity contribution in [2.45, 2.75) is 22.5 Å². The summed E-state index contributed by atoms with van der Waals surface area (Å²) in [6, 6.07) is -0.198. The van der Waals surface area contributed by atoms with Gasteiger partial charge in [-0.05, 0) is 25.6 Å². The Morgan fingerprint density at radius 2 is 1.92 bits per heavy atom. The molecule has 3 aliphatic heterocycles. The van der Waals surface area contributed by atoms with Crippen LogP contribution in [0.2, 0.25) is 0 Å². The van der Waals surface area contributed by atoms with Crippen LogP contribution >= 0.6 is 46.2 Å². The number of rotatable bonds is 11. The number of carboxylic acid groups (broad SMARTS) is 1. The Balaban J connectivity index is 0.00000541. The van der Waals surface area contributed by atoms with Crippen LogP contribution in [-0.4, -0.2) is 114 Å². The molecule has 5 heterocycles. The number of aliphatic carboxylic acids is 1. The number of piperazine rings is 1. The summed E-state index contributed by atoms with van der Waals surface area (Å²) in [7, 11) is 3.12. The van der Waals surface area contributed by atoms with Gasteiger partial charge in [0.05, 0.1) is 27.2 Å². The smallest absolute Gasteiger partial charge is 0.543 e. The second-order valence-corrected chi connectivity index (χ2v) is 15.8. The van der Waals surface area contributed by atoms with E-state index in [0.29, 0.717) is 26.2 Å². The number of oxime groups is 1. The van der Waals surface area contributed by atoms with Crippen molar-refractivity contribution in [2.24, 2.45) is 5.16 Å². The molecule has 2 atom stereocenters.